The average molecular weight is 212 g/mol. The molecule has 1 aliphatic rings. The number of aromatic nitrogens is 1. The minimum Gasteiger partial charge on any atom is -0.391 e. The van der Waals surface area contributed by atoms with E-state index < -0.39 is 0 Å². The molecule has 2 heterocycles. The van der Waals surface area contributed by atoms with E-state index in [0.29, 0.717) is 5.92 Å². The van der Waals surface area contributed by atoms with Crippen LogP contribution >= 0.6 is 11.3 Å². The number of thiazole rings is 1. The van der Waals surface area contributed by atoms with Crippen LogP contribution in [0, 0.1) is 6.92 Å². The molecule has 3 nitrogen and oxygen atoms in total. The van der Waals surface area contributed by atoms with E-state index >= 15 is 0 Å². The Bertz CT molecular complexity index is 305. The van der Waals surface area contributed by atoms with Crippen LogP contribution in [0.3, 0.4) is 0 Å². The van der Waals surface area contributed by atoms with Crippen molar-refractivity contribution in [1.29, 1.82) is 0 Å². The fourth-order valence-corrected chi connectivity index (χ4v) is 2.94. The molecule has 0 spiro atoms. The molecule has 0 saturated carbocycles. The maximum absolute atomic E-state index is 9.09. The second-order valence-corrected chi connectivity index (χ2v) is 4.86. The third kappa shape index (κ3) is 1.97. The monoisotopic (exact) mass is 212 g/mol. The maximum Gasteiger partial charge on any atom is 0.0963 e. The van der Waals surface area contributed by atoms with Crippen molar-refractivity contribution in [1.82, 2.24) is 10.3 Å². The van der Waals surface area contributed by atoms with Crippen molar-refractivity contribution in [3.8, 4) is 0 Å². The van der Waals surface area contributed by atoms with Gasteiger partial charge in [0.2, 0.25) is 0 Å². The molecule has 2 rings (SSSR count). The first-order valence-corrected chi connectivity index (χ1v) is 5.90. The summed E-state index contributed by atoms with van der Waals surface area (Å²) in [5.74, 6) is 0.611. The van der Waals surface area contributed by atoms with E-state index in [1.54, 1.807) is 11.3 Å². The van der Waals surface area contributed by atoms with Gasteiger partial charge in [-0.2, -0.15) is 0 Å². The molecule has 0 aliphatic carbocycles. The molecule has 0 aromatic carbocycles. The van der Waals surface area contributed by atoms with Gasteiger partial charge in [-0.15, -0.1) is 11.3 Å². The van der Waals surface area contributed by atoms with E-state index in [4.69, 9.17) is 5.11 Å². The fraction of sp³-hybridized carbons (Fsp3) is 0.700. The smallest absolute Gasteiger partial charge is 0.0963 e. The molecule has 4 heteroatoms. The van der Waals surface area contributed by atoms with Crippen molar-refractivity contribution in [3.05, 3.63) is 15.6 Å². The first kappa shape index (κ1) is 10.1. The van der Waals surface area contributed by atoms with Gasteiger partial charge in [0.05, 0.1) is 22.2 Å². The highest BCUT2D eigenvalue weighted by Crippen LogP contribution is 2.30. The topological polar surface area (TPSA) is 45.2 Å². The van der Waals surface area contributed by atoms with Crippen LogP contribution in [0.5, 0.6) is 0 Å². The summed E-state index contributed by atoms with van der Waals surface area (Å²) in [7, 11) is 0. The first-order valence-electron chi connectivity index (χ1n) is 5.09. The van der Waals surface area contributed by atoms with Crippen molar-refractivity contribution < 1.29 is 5.11 Å². The molecule has 1 aliphatic heterocycles. The predicted octanol–water partition coefficient (Wildman–Crippen LogP) is 1.41. The van der Waals surface area contributed by atoms with Crippen molar-refractivity contribution in [3.63, 3.8) is 0 Å². The van der Waals surface area contributed by atoms with Crippen LogP contribution < -0.4 is 5.32 Å². The third-order valence-corrected chi connectivity index (χ3v) is 4.05. The summed E-state index contributed by atoms with van der Waals surface area (Å²) in [4.78, 5) is 5.56. The second-order valence-electron chi connectivity index (χ2n) is 3.74. The van der Waals surface area contributed by atoms with Crippen LogP contribution in [0.1, 0.15) is 34.3 Å². The van der Waals surface area contributed by atoms with Crippen molar-refractivity contribution in [2.24, 2.45) is 0 Å². The molecule has 0 bridgehead atoms. The van der Waals surface area contributed by atoms with Gasteiger partial charge in [-0.05, 0) is 32.9 Å². The quantitative estimate of drug-likeness (QED) is 0.779. The molecule has 78 valence electrons. The number of aliphatic hydroxyl groups excluding tert-OH is 1. The summed E-state index contributed by atoms with van der Waals surface area (Å²) in [6.07, 6.45) is 2.36. The van der Waals surface area contributed by atoms with Gasteiger partial charge in [0, 0.05) is 5.92 Å². The van der Waals surface area contributed by atoms with E-state index in [0.717, 1.165) is 23.7 Å². The van der Waals surface area contributed by atoms with Crippen LogP contribution in [0.25, 0.3) is 0 Å². The summed E-state index contributed by atoms with van der Waals surface area (Å²) >= 11 is 1.68. The van der Waals surface area contributed by atoms with Crippen LogP contribution in [-0.4, -0.2) is 23.2 Å². The number of nitrogens with one attached hydrogen (secondary N) is 1. The summed E-state index contributed by atoms with van der Waals surface area (Å²) in [6, 6.07) is 0. The summed E-state index contributed by atoms with van der Waals surface area (Å²) in [6.45, 7) is 4.30. The number of hydrogen-bond donors (Lipinski definition) is 2. The molecular formula is C10H16N2OS. The standard InChI is InChI=1S/C10H16N2OS/c1-7-9(6-13)14-10(12-7)8-2-4-11-5-3-8/h8,11,13H,2-6H2,1H3. The average Bonchev–Trinajstić information content (AvgIpc) is 2.61. The zero-order valence-corrected chi connectivity index (χ0v) is 9.23. The Balaban J connectivity index is 2.14. The van der Waals surface area contributed by atoms with Gasteiger partial charge in [-0.25, -0.2) is 4.98 Å². The zero-order chi connectivity index (χ0) is 9.97. The van der Waals surface area contributed by atoms with Crippen LogP contribution in [0.15, 0.2) is 0 Å². The maximum atomic E-state index is 9.09. The minimum absolute atomic E-state index is 0.133. The molecule has 2 N–H and O–H groups in total. The summed E-state index contributed by atoms with van der Waals surface area (Å²) in [5.41, 5.74) is 1.01. The molecule has 1 aromatic rings. The van der Waals surface area contributed by atoms with Gasteiger partial charge in [0.25, 0.3) is 0 Å². The summed E-state index contributed by atoms with van der Waals surface area (Å²) < 4.78 is 0. The van der Waals surface area contributed by atoms with E-state index in [1.807, 2.05) is 6.92 Å². The highest BCUT2D eigenvalue weighted by atomic mass is 32.1. The molecule has 0 atom stereocenters. The lowest BCUT2D eigenvalue weighted by Crippen LogP contribution is -2.26. The molecule has 1 aromatic heterocycles. The molecule has 0 unspecified atom stereocenters. The summed E-state index contributed by atoms with van der Waals surface area (Å²) in [5, 5.41) is 13.7. The Labute approximate surface area is 88.2 Å². The van der Waals surface area contributed by atoms with Crippen LogP contribution in [0.4, 0.5) is 0 Å². The molecule has 1 fully saturated rings. The van der Waals surface area contributed by atoms with Gasteiger partial charge >= 0.3 is 0 Å². The predicted molar refractivity (Wildman–Crippen MR) is 57.6 cm³/mol. The number of piperidine rings is 1. The lowest BCUT2D eigenvalue weighted by atomic mass is 9.99. The van der Waals surface area contributed by atoms with Gasteiger partial charge in [-0.3, -0.25) is 0 Å². The largest absolute Gasteiger partial charge is 0.391 e. The first-order chi connectivity index (χ1) is 6.81. The third-order valence-electron chi connectivity index (χ3n) is 2.74. The SMILES string of the molecule is Cc1nc(C2CCNCC2)sc1CO. The lowest BCUT2D eigenvalue weighted by Gasteiger charge is -2.20. The van der Waals surface area contributed by atoms with Gasteiger partial charge in [0.1, 0.15) is 0 Å². The van der Waals surface area contributed by atoms with Gasteiger partial charge in [-0.1, -0.05) is 0 Å². The Morgan fingerprint density at radius 2 is 2.21 bits per heavy atom. The van der Waals surface area contributed by atoms with E-state index in [1.165, 1.54) is 17.8 Å². The number of aliphatic hydroxyl groups is 1. The molecule has 14 heavy (non-hydrogen) atoms. The highest BCUT2D eigenvalue weighted by molar-refractivity contribution is 7.11. The molecule has 1 saturated heterocycles. The van der Waals surface area contributed by atoms with E-state index in [-0.39, 0.29) is 6.61 Å². The molecule has 0 radical (unpaired) electrons. The van der Waals surface area contributed by atoms with Crippen molar-refractivity contribution in [2.75, 3.05) is 13.1 Å². The molecular weight excluding hydrogens is 196 g/mol. The normalized spacial score (nSPS) is 18.7. The highest BCUT2D eigenvalue weighted by Gasteiger charge is 2.19. The minimum atomic E-state index is 0.133. The lowest BCUT2D eigenvalue weighted by molar-refractivity contribution is 0.284. The van der Waals surface area contributed by atoms with E-state index in [2.05, 4.69) is 10.3 Å². The van der Waals surface area contributed by atoms with Crippen LogP contribution in [-0.2, 0) is 6.61 Å². The van der Waals surface area contributed by atoms with Gasteiger partial charge < -0.3 is 10.4 Å². The van der Waals surface area contributed by atoms with Crippen LogP contribution in [0.2, 0.25) is 0 Å². The zero-order valence-electron chi connectivity index (χ0n) is 8.42. The second kappa shape index (κ2) is 4.38. The van der Waals surface area contributed by atoms with Gasteiger partial charge in [0.15, 0.2) is 0 Å². The van der Waals surface area contributed by atoms with Crippen molar-refractivity contribution in [2.45, 2.75) is 32.3 Å². The number of nitrogens with zero attached hydrogens (tertiary/aromatic N) is 1. The Hall–Kier alpha value is -0.450. The van der Waals surface area contributed by atoms with E-state index in [9.17, 15) is 0 Å². The number of aryl methyl sites for hydroxylation is 1. The Kier molecular flexibility index (Phi) is 3.15. The Morgan fingerprint density at radius 1 is 1.50 bits per heavy atom. The Morgan fingerprint density at radius 3 is 2.79 bits per heavy atom. The number of hydrogen-bond acceptors (Lipinski definition) is 4. The molecule has 0 amide bonds. The van der Waals surface area contributed by atoms with Crippen molar-refractivity contribution >= 4 is 11.3 Å². The number of rotatable bonds is 2. The fourth-order valence-electron chi connectivity index (χ4n) is 1.84.